The van der Waals surface area contributed by atoms with Crippen molar-refractivity contribution in [3.8, 4) is 11.8 Å². The monoisotopic (exact) mass is 381 g/mol. The number of nitrogens with one attached hydrogen (secondary N) is 1. The molecule has 1 aliphatic rings. The van der Waals surface area contributed by atoms with Gasteiger partial charge in [-0.1, -0.05) is 5.92 Å². The number of ether oxygens (including phenoxy) is 1. The van der Waals surface area contributed by atoms with Gasteiger partial charge >= 0.3 is 0 Å². The molecule has 1 fully saturated rings. The molecule has 0 radical (unpaired) electrons. The Balaban J connectivity index is 2.10. The number of nitrogens with zero attached hydrogens (tertiary/aromatic N) is 4. The molecule has 2 aromatic heterocycles. The van der Waals surface area contributed by atoms with Crippen LogP contribution in [0.15, 0.2) is 6.33 Å². The Bertz CT molecular complexity index is 899. The molecular formula is C15H19N5O7. The number of rotatable bonds is 4. The average molecular weight is 381 g/mol. The van der Waals surface area contributed by atoms with Gasteiger partial charge in [-0.25, -0.2) is 15.4 Å². The standard InChI is InChI=1S/C15H19N5O7/c1-8(21)4-3-5-9-17-11(19-26-2)10-12(18-9)20(7-16-10)13-15(24,25)14(22,23)6-27-13/h7-8,13,21-25H,4,6H2,1-2H3,(H,17,18,19)/t8?,13-/m1/s1. The van der Waals surface area contributed by atoms with E-state index in [1.54, 1.807) is 6.92 Å². The first-order chi connectivity index (χ1) is 12.7. The zero-order valence-electron chi connectivity index (χ0n) is 14.5. The lowest BCUT2D eigenvalue weighted by Gasteiger charge is -2.30. The van der Waals surface area contributed by atoms with Crippen LogP contribution in [-0.4, -0.2) is 76.4 Å². The highest BCUT2D eigenvalue weighted by atomic mass is 16.7. The average Bonchev–Trinajstić information content (AvgIpc) is 3.07. The molecule has 0 aromatic carbocycles. The second kappa shape index (κ2) is 6.98. The van der Waals surface area contributed by atoms with Crippen LogP contribution in [0.5, 0.6) is 0 Å². The Hall–Kier alpha value is -2.37. The summed E-state index contributed by atoms with van der Waals surface area (Å²) >= 11 is 0. The lowest BCUT2D eigenvalue weighted by atomic mass is 10.1. The van der Waals surface area contributed by atoms with Crippen LogP contribution in [0.1, 0.15) is 25.4 Å². The van der Waals surface area contributed by atoms with Crippen LogP contribution in [0, 0.1) is 11.8 Å². The summed E-state index contributed by atoms with van der Waals surface area (Å²) in [4.78, 5) is 17.3. The maximum atomic E-state index is 10.1. The Morgan fingerprint density at radius 3 is 2.74 bits per heavy atom. The van der Waals surface area contributed by atoms with E-state index in [2.05, 4.69) is 32.3 Å². The van der Waals surface area contributed by atoms with E-state index in [0.717, 1.165) is 4.57 Å². The van der Waals surface area contributed by atoms with Crippen molar-refractivity contribution in [3.05, 3.63) is 12.2 Å². The fourth-order valence-corrected chi connectivity index (χ4v) is 2.48. The Kier molecular flexibility index (Phi) is 5.02. The molecule has 0 saturated carbocycles. The predicted octanol–water partition coefficient (Wildman–Crippen LogP) is -2.19. The van der Waals surface area contributed by atoms with Crippen LogP contribution < -0.4 is 5.48 Å². The number of aromatic nitrogens is 4. The van der Waals surface area contributed by atoms with Gasteiger partial charge in [-0.3, -0.25) is 9.40 Å². The van der Waals surface area contributed by atoms with Crippen LogP contribution in [0.4, 0.5) is 5.82 Å². The largest absolute Gasteiger partial charge is 0.392 e. The van der Waals surface area contributed by atoms with Gasteiger partial charge in [0.2, 0.25) is 11.6 Å². The minimum atomic E-state index is -3.02. The van der Waals surface area contributed by atoms with Crippen molar-refractivity contribution >= 4 is 17.0 Å². The van der Waals surface area contributed by atoms with Gasteiger partial charge in [0, 0.05) is 6.42 Å². The third kappa shape index (κ3) is 3.45. The highest BCUT2D eigenvalue weighted by Crippen LogP contribution is 2.39. The summed E-state index contributed by atoms with van der Waals surface area (Å²) in [6, 6.07) is 0. The molecule has 3 heterocycles. The second-order valence-corrected chi connectivity index (χ2v) is 6.09. The fourth-order valence-electron chi connectivity index (χ4n) is 2.48. The van der Waals surface area contributed by atoms with E-state index in [-0.39, 0.29) is 29.2 Å². The van der Waals surface area contributed by atoms with Gasteiger partial charge in [0.1, 0.15) is 6.61 Å². The molecule has 3 rings (SSSR count). The van der Waals surface area contributed by atoms with Gasteiger partial charge in [-0.15, -0.1) is 0 Å². The first-order valence-electron chi connectivity index (χ1n) is 7.89. The summed E-state index contributed by atoms with van der Waals surface area (Å²) < 4.78 is 6.25. The van der Waals surface area contributed by atoms with Crippen LogP contribution in [0.3, 0.4) is 0 Å². The smallest absolute Gasteiger partial charge is 0.268 e. The quantitative estimate of drug-likeness (QED) is 0.193. The number of aliphatic hydroxyl groups excluding tert-OH is 1. The molecule has 12 nitrogen and oxygen atoms in total. The molecule has 2 aromatic rings. The molecule has 0 amide bonds. The molecule has 6 N–H and O–H groups in total. The van der Waals surface area contributed by atoms with E-state index in [0.29, 0.717) is 0 Å². The molecule has 1 aliphatic heterocycles. The predicted molar refractivity (Wildman–Crippen MR) is 88.5 cm³/mol. The number of hydrogen-bond donors (Lipinski definition) is 6. The summed E-state index contributed by atoms with van der Waals surface area (Å²) in [5.41, 5.74) is 2.81. The van der Waals surface area contributed by atoms with Gasteiger partial charge in [-0.2, -0.15) is 4.98 Å². The normalized spacial score (nSPS) is 21.7. The van der Waals surface area contributed by atoms with E-state index in [9.17, 15) is 25.5 Å². The molecule has 1 saturated heterocycles. The van der Waals surface area contributed by atoms with Crippen molar-refractivity contribution in [2.75, 3.05) is 19.2 Å². The van der Waals surface area contributed by atoms with Gasteiger partial charge < -0.3 is 30.3 Å². The maximum Gasteiger partial charge on any atom is 0.268 e. The van der Waals surface area contributed by atoms with E-state index in [1.807, 2.05) is 0 Å². The van der Waals surface area contributed by atoms with Crippen molar-refractivity contribution in [2.45, 2.75) is 37.3 Å². The third-order valence-corrected chi connectivity index (χ3v) is 3.85. The summed E-state index contributed by atoms with van der Waals surface area (Å²) in [7, 11) is 1.36. The molecule has 27 heavy (non-hydrogen) atoms. The minimum Gasteiger partial charge on any atom is -0.392 e. The summed E-state index contributed by atoms with van der Waals surface area (Å²) in [5, 5.41) is 48.9. The Labute approximate surface area is 153 Å². The molecule has 146 valence electrons. The number of fused-ring (bicyclic) bond motifs is 1. The van der Waals surface area contributed by atoms with Gasteiger partial charge in [-0.05, 0) is 12.8 Å². The van der Waals surface area contributed by atoms with E-state index < -0.39 is 30.5 Å². The fraction of sp³-hybridized carbons (Fsp3) is 0.533. The van der Waals surface area contributed by atoms with Crippen LogP contribution in [-0.2, 0) is 9.57 Å². The lowest BCUT2D eigenvalue weighted by Crippen LogP contribution is -2.55. The van der Waals surface area contributed by atoms with Gasteiger partial charge in [0.15, 0.2) is 23.2 Å². The highest BCUT2D eigenvalue weighted by molar-refractivity contribution is 5.83. The molecular weight excluding hydrogens is 362 g/mol. The number of anilines is 1. The molecule has 0 spiro atoms. The van der Waals surface area contributed by atoms with Crippen molar-refractivity contribution < 1.29 is 35.1 Å². The zero-order chi connectivity index (χ0) is 19.8. The van der Waals surface area contributed by atoms with Gasteiger partial charge in [0.05, 0.1) is 19.5 Å². The lowest BCUT2D eigenvalue weighted by molar-refractivity contribution is -0.347. The molecule has 1 unspecified atom stereocenters. The summed E-state index contributed by atoms with van der Waals surface area (Å²) in [5.74, 6) is -0.306. The van der Waals surface area contributed by atoms with Crippen LogP contribution in [0.2, 0.25) is 0 Å². The van der Waals surface area contributed by atoms with Crippen LogP contribution >= 0.6 is 0 Å². The molecule has 2 atom stereocenters. The van der Waals surface area contributed by atoms with E-state index in [1.165, 1.54) is 13.4 Å². The highest BCUT2D eigenvalue weighted by Gasteiger charge is 2.61. The summed E-state index contributed by atoms with van der Waals surface area (Å²) in [6.45, 7) is 0.848. The van der Waals surface area contributed by atoms with Crippen molar-refractivity contribution in [1.82, 2.24) is 19.5 Å². The van der Waals surface area contributed by atoms with Gasteiger partial charge in [0.25, 0.3) is 5.79 Å². The minimum absolute atomic E-state index is 0.0446. The first kappa shape index (κ1) is 19.4. The first-order valence-corrected chi connectivity index (χ1v) is 7.89. The molecule has 0 bridgehead atoms. The number of hydrogen-bond acceptors (Lipinski definition) is 11. The third-order valence-electron chi connectivity index (χ3n) is 3.85. The molecule has 12 heteroatoms. The summed E-state index contributed by atoms with van der Waals surface area (Å²) in [6.07, 6.45) is -0.837. The van der Waals surface area contributed by atoms with E-state index in [4.69, 9.17) is 9.57 Å². The maximum absolute atomic E-state index is 10.1. The molecule has 0 aliphatic carbocycles. The Morgan fingerprint density at radius 2 is 2.15 bits per heavy atom. The van der Waals surface area contributed by atoms with Crippen molar-refractivity contribution in [1.29, 1.82) is 0 Å². The van der Waals surface area contributed by atoms with E-state index >= 15 is 0 Å². The SMILES string of the molecule is CONc1nc(C#CCC(C)O)nc2c1ncn2[C@@H]1OCC(O)(O)C1(O)O. The second-order valence-electron chi connectivity index (χ2n) is 6.09. The number of imidazole rings is 1. The topological polar surface area (TPSA) is 175 Å². The van der Waals surface area contributed by atoms with Crippen molar-refractivity contribution in [3.63, 3.8) is 0 Å². The number of aliphatic hydroxyl groups is 5. The zero-order valence-corrected chi connectivity index (χ0v) is 14.5. The van der Waals surface area contributed by atoms with Crippen LogP contribution in [0.25, 0.3) is 11.2 Å². The van der Waals surface area contributed by atoms with Crippen molar-refractivity contribution in [2.24, 2.45) is 0 Å². The Morgan fingerprint density at radius 1 is 1.41 bits per heavy atom.